The molecule has 0 aromatic heterocycles. The molecule has 18 heavy (non-hydrogen) atoms. The fourth-order valence-corrected chi connectivity index (χ4v) is 2.28. The number of ether oxygens (including phenoxy) is 1. The van der Waals surface area contributed by atoms with E-state index >= 15 is 0 Å². The van der Waals surface area contributed by atoms with E-state index in [9.17, 15) is 9.90 Å². The molecule has 0 fully saturated rings. The number of aromatic carboxylic acids is 1. The summed E-state index contributed by atoms with van der Waals surface area (Å²) in [6.45, 7) is -0.256. The Bertz CT molecular complexity index is 407. The SMILES string of the molecule is COc1cc(CSCC(O)CO)ccc1C(=O)O. The topological polar surface area (TPSA) is 87.0 Å². The van der Waals surface area contributed by atoms with Gasteiger partial charge in [0.15, 0.2) is 0 Å². The van der Waals surface area contributed by atoms with E-state index in [0.29, 0.717) is 17.3 Å². The molecule has 0 aliphatic heterocycles. The average molecular weight is 272 g/mol. The maximum Gasteiger partial charge on any atom is 0.339 e. The van der Waals surface area contributed by atoms with Crippen molar-refractivity contribution in [1.29, 1.82) is 0 Å². The highest BCUT2D eigenvalue weighted by atomic mass is 32.2. The van der Waals surface area contributed by atoms with Gasteiger partial charge in [-0.25, -0.2) is 4.79 Å². The molecule has 0 spiro atoms. The minimum Gasteiger partial charge on any atom is -0.496 e. The highest BCUT2D eigenvalue weighted by Crippen LogP contribution is 2.23. The molecule has 0 saturated carbocycles. The summed E-state index contributed by atoms with van der Waals surface area (Å²) in [4.78, 5) is 10.9. The van der Waals surface area contributed by atoms with Crippen LogP contribution in [-0.2, 0) is 5.75 Å². The number of benzene rings is 1. The molecule has 1 rings (SSSR count). The Balaban J connectivity index is 2.65. The maximum absolute atomic E-state index is 10.9. The van der Waals surface area contributed by atoms with E-state index in [1.807, 2.05) is 0 Å². The van der Waals surface area contributed by atoms with Crippen LogP contribution in [0, 0.1) is 0 Å². The van der Waals surface area contributed by atoms with Gasteiger partial charge in [0.2, 0.25) is 0 Å². The lowest BCUT2D eigenvalue weighted by Gasteiger charge is -2.09. The Morgan fingerprint density at radius 1 is 1.50 bits per heavy atom. The Kier molecular flexibility index (Phi) is 5.97. The van der Waals surface area contributed by atoms with E-state index in [2.05, 4.69) is 0 Å². The second kappa shape index (κ2) is 7.25. The van der Waals surface area contributed by atoms with Crippen LogP contribution in [0.3, 0.4) is 0 Å². The molecule has 1 aromatic carbocycles. The number of rotatable bonds is 7. The molecule has 0 bridgehead atoms. The van der Waals surface area contributed by atoms with E-state index in [-0.39, 0.29) is 12.2 Å². The van der Waals surface area contributed by atoms with Gasteiger partial charge in [-0.15, -0.1) is 0 Å². The first-order valence-corrected chi connectivity index (χ1v) is 6.50. The summed E-state index contributed by atoms with van der Waals surface area (Å²) in [7, 11) is 1.42. The molecule has 5 nitrogen and oxygen atoms in total. The third kappa shape index (κ3) is 4.21. The van der Waals surface area contributed by atoms with Crippen molar-refractivity contribution in [3.8, 4) is 5.75 Å². The van der Waals surface area contributed by atoms with E-state index in [1.165, 1.54) is 24.9 Å². The zero-order valence-electron chi connectivity index (χ0n) is 10.00. The molecule has 1 atom stereocenters. The van der Waals surface area contributed by atoms with Crippen molar-refractivity contribution < 1.29 is 24.9 Å². The normalized spacial score (nSPS) is 12.2. The lowest BCUT2D eigenvalue weighted by atomic mass is 10.1. The van der Waals surface area contributed by atoms with Crippen molar-refractivity contribution in [3.63, 3.8) is 0 Å². The highest BCUT2D eigenvalue weighted by molar-refractivity contribution is 7.98. The summed E-state index contributed by atoms with van der Waals surface area (Å²) >= 11 is 1.46. The second-order valence-corrected chi connectivity index (χ2v) is 4.72. The van der Waals surface area contributed by atoms with Gasteiger partial charge in [0.1, 0.15) is 11.3 Å². The lowest BCUT2D eigenvalue weighted by Crippen LogP contribution is -2.14. The predicted octanol–water partition coefficient (Wildman–Crippen LogP) is 0.980. The number of aliphatic hydroxyl groups is 2. The molecular weight excluding hydrogens is 256 g/mol. The van der Waals surface area contributed by atoms with Crippen LogP contribution in [0.1, 0.15) is 15.9 Å². The monoisotopic (exact) mass is 272 g/mol. The van der Waals surface area contributed by atoms with Gasteiger partial charge in [0, 0.05) is 11.5 Å². The second-order valence-electron chi connectivity index (χ2n) is 3.69. The van der Waals surface area contributed by atoms with Crippen LogP contribution >= 0.6 is 11.8 Å². The van der Waals surface area contributed by atoms with Gasteiger partial charge in [-0.05, 0) is 17.7 Å². The smallest absolute Gasteiger partial charge is 0.339 e. The molecule has 1 aromatic rings. The van der Waals surface area contributed by atoms with Crippen LogP contribution < -0.4 is 4.74 Å². The van der Waals surface area contributed by atoms with Crippen LogP contribution in [0.25, 0.3) is 0 Å². The predicted molar refractivity (Wildman–Crippen MR) is 69.2 cm³/mol. The Morgan fingerprint density at radius 3 is 2.78 bits per heavy atom. The van der Waals surface area contributed by atoms with Gasteiger partial charge in [0.05, 0.1) is 19.8 Å². The van der Waals surface area contributed by atoms with Crippen LogP contribution in [0.2, 0.25) is 0 Å². The van der Waals surface area contributed by atoms with Crippen molar-refractivity contribution in [3.05, 3.63) is 29.3 Å². The first-order valence-electron chi connectivity index (χ1n) is 5.35. The third-order valence-electron chi connectivity index (χ3n) is 2.29. The summed E-state index contributed by atoms with van der Waals surface area (Å²) in [6.07, 6.45) is -0.727. The molecule has 3 N–H and O–H groups in total. The molecule has 0 saturated heterocycles. The third-order valence-corrected chi connectivity index (χ3v) is 3.44. The Morgan fingerprint density at radius 2 is 2.22 bits per heavy atom. The molecule has 0 aliphatic rings. The molecule has 0 aliphatic carbocycles. The molecule has 0 amide bonds. The molecule has 0 heterocycles. The molecule has 100 valence electrons. The van der Waals surface area contributed by atoms with Crippen LogP contribution in [0.4, 0.5) is 0 Å². The van der Waals surface area contributed by atoms with E-state index < -0.39 is 12.1 Å². The highest BCUT2D eigenvalue weighted by Gasteiger charge is 2.11. The van der Waals surface area contributed by atoms with Crippen molar-refractivity contribution in [2.75, 3.05) is 19.5 Å². The minimum atomic E-state index is -1.03. The fourth-order valence-electron chi connectivity index (χ4n) is 1.37. The van der Waals surface area contributed by atoms with E-state index in [1.54, 1.807) is 12.1 Å². The van der Waals surface area contributed by atoms with Gasteiger partial charge < -0.3 is 20.1 Å². The van der Waals surface area contributed by atoms with Gasteiger partial charge >= 0.3 is 5.97 Å². The standard InChI is InChI=1S/C12H16O5S/c1-17-11-4-8(2-3-10(11)12(15)16)6-18-7-9(14)5-13/h2-4,9,13-14H,5-7H2,1H3,(H,15,16). The molecule has 6 heteroatoms. The number of carboxylic acids is 1. The molecule has 0 radical (unpaired) electrons. The number of methoxy groups -OCH3 is 1. The molecule has 1 unspecified atom stereocenters. The summed E-state index contributed by atoms with van der Waals surface area (Å²) in [5.41, 5.74) is 1.04. The van der Waals surface area contributed by atoms with Gasteiger partial charge in [-0.2, -0.15) is 11.8 Å². The Labute approximate surface area is 109 Å². The lowest BCUT2D eigenvalue weighted by molar-refractivity contribution is 0.0693. The van der Waals surface area contributed by atoms with Gasteiger partial charge in [-0.3, -0.25) is 0 Å². The van der Waals surface area contributed by atoms with Crippen molar-refractivity contribution in [2.45, 2.75) is 11.9 Å². The zero-order valence-corrected chi connectivity index (χ0v) is 10.8. The van der Waals surface area contributed by atoms with Crippen LogP contribution in [0.15, 0.2) is 18.2 Å². The first kappa shape index (κ1) is 14.8. The fraction of sp³-hybridized carbons (Fsp3) is 0.417. The van der Waals surface area contributed by atoms with Crippen LogP contribution in [0.5, 0.6) is 5.75 Å². The Hall–Kier alpha value is -1.24. The van der Waals surface area contributed by atoms with Crippen molar-refractivity contribution in [2.24, 2.45) is 0 Å². The number of hydrogen-bond acceptors (Lipinski definition) is 5. The average Bonchev–Trinajstić information content (AvgIpc) is 2.37. The van der Waals surface area contributed by atoms with Gasteiger partial charge in [-0.1, -0.05) is 6.07 Å². The first-order chi connectivity index (χ1) is 8.58. The summed E-state index contributed by atoms with van der Waals surface area (Å²) < 4.78 is 5.02. The summed E-state index contributed by atoms with van der Waals surface area (Å²) in [6, 6.07) is 4.88. The van der Waals surface area contributed by atoms with Crippen molar-refractivity contribution in [1.82, 2.24) is 0 Å². The van der Waals surface area contributed by atoms with E-state index in [4.69, 9.17) is 14.9 Å². The van der Waals surface area contributed by atoms with Crippen molar-refractivity contribution >= 4 is 17.7 Å². The summed E-state index contributed by atoms with van der Waals surface area (Å²) in [5, 5.41) is 26.8. The number of aliphatic hydroxyl groups excluding tert-OH is 2. The zero-order chi connectivity index (χ0) is 13.5. The number of thioether (sulfide) groups is 1. The van der Waals surface area contributed by atoms with E-state index in [0.717, 1.165) is 5.56 Å². The number of carbonyl (C=O) groups is 1. The van der Waals surface area contributed by atoms with Gasteiger partial charge in [0.25, 0.3) is 0 Å². The number of carboxylic acid groups (broad SMARTS) is 1. The largest absolute Gasteiger partial charge is 0.496 e. The maximum atomic E-state index is 10.9. The number of hydrogen-bond donors (Lipinski definition) is 3. The van der Waals surface area contributed by atoms with Crippen LogP contribution in [-0.4, -0.2) is 46.9 Å². The minimum absolute atomic E-state index is 0.127. The molecular formula is C12H16O5S. The quantitative estimate of drug-likeness (QED) is 0.686. The summed E-state index contributed by atoms with van der Waals surface area (Å²) in [5.74, 6) is 0.345.